The fourth-order valence-corrected chi connectivity index (χ4v) is 1.91. The summed E-state index contributed by atoms with van der Waals surface area (Å²) in [6, 6.07) is 4.27. The summed E-state index contributed by atoms with van der Waals surface area (Å²) in [5.74, 6) is 5.43. The van der Waals surface area contributed by atoms with Gasteiger partial charge >= 0.3 is 0 Å². The lowest BCUT2D eigenvalue weighted by Crippen LogP contribution is -2.29. The fraction of sp³-hybridized carbons (Fsp3) is 0.357. The van der Waals surface area contributed by atoms with E-state index < -0.39 is 5.82 Å². The predicted molar refractivity (Wildman–Crippen MR) is 77.7 cm³/mol. The first-order valence-electron chi connectivity index (χ1n) is 5.83. The number of carbonyl (C=O) groups excluding carboxylic acids is 1. The van der Waals surface area contributed by atoms with Gasteiger partial charge in [-0.2, -0.15) is 11.8 Å². The third kappa shape index (κ3) is 4.58. The lowest BCUT2D eigenvalue weighted by atomic mass is 10.1. The maximum absolute atomic E-state index is 13.7. The molecule has 0 bridgehead atoms. The Hall–Kier alpha value is -1.51. The Morgan fingerprint density at radius 3 is 2.89 bits per heavy atom. The second-order valence-corrected chi connectivity index (χ2v) is 4.91. The van der Waals surface area contributed by atoms with Crippen molar-refractivity contribution in [3.05, 3.63) is 35.1 Å². The lowest BCUT2D eigenvalue weighted by molar-refractivity contribution is 0.0799. The number of nitrogens with two attached hydrogens (primary N) is 1. The van der Waals surface area contributed by atoms with E-state index in [1.807, 2.05) is 6.26 Å². The summed E-state index contributed by atoms with van der Waals surface area (Å²) in [6.07, 6.45) is 1.96. The largest absolute Gasteiger partial charge is 0.341 e. The first-order chi connectivity index (χ1) is 9.10. The maximum atomic E-state index is 13.7. The molecule has 5 heteroatoms. The van der Waals surface area contributed by atoms with Crippen LogP contribution in [-0.2, 0) is 0 Å². The average Bonchev–Trinajstić information content (AvgIpc) is 2.43. The SMILES string of the molecule is CSCCN(C)C(=O)c1cc(C#CCN)ccc1F. The molecular formula is C14H17FN2OS. The van der Waals surface area contributed by atoms with Gasteiger partial charge in [0.25, 0.3) is 5.91 Å². The van der Waals surface area contributed by atoms with Crippen LogP contribution in [0.5, 0.6) is 0 Å². The van der Waals surface area contributed by atoms with Gasteiger partial charge in [-0.25, -0.2) is 4.39 Å². The average molecular weight is 280 g/mol. The van der Waals surface area contributed by atoms with E-state index in [-0.39, 0.29) is 18.0 Å². The summed E-state index contributed by atoms with van der Waals surface area (Å²) >= 11 is 1.64. The number of carbonyl (C=O) groups is 1. The van der Waals surface area contributed by atoms with Crippen molar-refractivity contribution in [2.75, 3.05) is 32.1 Å². The Bertz CT molecular complexity index is 508. The van der Waals surface area contributed by atoms with Crippen LogP contribution < -0.4 is 5.73 Å². The monoisotopic (exact) mass is 280 g/mol. The number of hydrogen-bond acceptors (Lipinski definition) is 3. The van der Waals surface area contributed by atoms with Crippen LogP contribution in [0.3, 0.4) is 0 Å². The van der Waals surface area contributed by atoms with Gasteiger partial charge in [0.15, 0.2) is 0 Å². The summed E-state index contributed by atoms with van der Waals surface area (Å²) in [7, 11) is 1.66. The topological polar surface area (TPSA) is 46.3 Å². The van der Waals surface area contributed by atoms with Gasteiger partial charge in [-0.05, 0) is 24.5 Å². The molecule has 0 unspecified atom stereocenters. The van der Waals surface area contributed by atoms with Gasteiger partial charge in [-0.15, -0.1) is 0 Å². The Labute approximate surface area is 117 Å². The zero-order valence-corrected chi connectivity index (χ0v) is 11.9. The van der Waals surface area contributed by atoms with Crippen LogP contribution in [0, 0.1) is 17.7 Å². The van der Waals surface area contributed by atoms with Crippen LogP contribution in [0.4, 0.5) is 4.39 Å². The molecule has 0 saturated heterocycles. The molecule has 2 N–H and O–H groups in total. The van der Waals surface area contributed by atoms with Crippen molar-refractivity contribution in [2.45, 2.75) is 0 Å². The number of benzene rings is 1. The highest BCUT2D eigenvalue weighted by Gasteiger charge is 2.16. The standard InChI is InChI=1S/C14H17FN2OS/c1-17(8-9-19-2)14(18)12-10-11(4-3-7-16)5-6-13(12)15/h5-6,10H,7-9,16H2,1-2H3. The van der Waals surface area contributed by atoms with E-state index in [0.717, 1.165) is 5.75 Å². The molecule has 0 aliphatic carbocycles. The van der Waals surface area contributed by atoms with Crippen LogP contribution in [0.25, 0.3) is 0 Å². The molecule has 0 radical (unpaired) electrons. The van der Waals surface area contributed by atoms with Gasteiger partial charge in [0.05, 0.1) is 12.1 Å². The second-order valence-electron chi connectivity index (χ2n) is 3.92. The molecule has 1 aromatic rings. The zero-order chi connectivity index (χ0) is 14.3. The molecule has 0 aromatic heterocycles. The van der Waals surface area contributed by atoms with Gasteiger partial charge in [-0.3, -0.25) is 4.79 Å². The van der Waals surface area contributed by atoms with E-state index in [0.29, 0.717) is 12.1 Å². The molecule has 102 valence electrons. The van der Waals surface area contributed by atoms with E-state index in [1.165, 1.54) is 23.1 Å². The van der Waals surface area contributed by atoms with Crippen molar-refractivity contribution < 1.29 is 9.18 Å². The van der Waals surface area contributed by atoms with Gasteiger partial charge < -0.3 is 10.6 Å². The highest BCUT2D eigenvalue weighted by Crippen LogP contribution is 2.12. The molecule has 0 aliphatic heterocycles. The van der Waals surface area contributed by atoms with Crippen molar-refractivity contribution in [2.24, 2.45) is 5.73 Å². The van der Waals surface area contributed by atoms with E-state index in [2.05, 4.69) is 11.8 Å². The molecule has 0 saturated carbocycles. The summed E-state index contributed by atoms with van der Waals surface area (Å²) in [4.78, 5) is 13.6. The van der Waals surface area contributed by atoms with Crippen LogP contribution in [0.2, 0.25) is 0 Å². The smallest absolute Gasteiger partial charge is 0.256 e. The van der Waals surface area contributed by atoms with Gasteiger partial charge in [-0.1, -0.05) is 11.8 Å². The van der Waals surface area contributed by atoms with Crippen LogP contribution >= 0.6 is 11.8 Å². The molecule has 0 heterocycles. The first kappa shape index (κ1) is 15.5. The normalized spacial score (nSPS) is 9.68. The van der Waals surface area contributed by atoms with Crippen molar-refractivity contribution in [1.29, 1.82) is 0 Å². The summed E-state index contributed by atoms with van der Waals surface area (Å²) in [5.41, 5.74) is 5.92. The third-order valence-corrected chi connectivity index (χ3v) is 3.10. The number of nitrogens with zero attached hydrogens (tertiary/aromatic N) is 1. The van der Waals surface area contributed by atoms with E-state index in [9.17, 15) is 9.18 Å². The minimum atomic E-state index is -0.528. The molecule has 3 nitrogen and oxygen atoms in total. The number of halogens is 1. The molecule has 0 atom stereocenters. The summed E-state index contributed by atoms with van der Waals surface area (Å²) in [5, 5.41) is 0. The molecule has 0 fully saturated rings. The molecule has 0 spiro atoms. The molecular weight excluding hydrogens is 263 g/mol. The van der Waals surface area contributed by atoms with Crippen LogP contribution in [0.15, 0.2) is 18.2 Å². The third-order valence-electron chi connectivity index (χ3n) is 2.51. The number of thioether (sulfide) groups is 1. The minimum Gasteiger partial charge on any atom is -0.341 e. The highest BCUT2D eigenvalue weighted by atomic mass is 32.2. The number of amides is 1. The van der Waals surface area contributed by atoms with Crippen LogP contribution in [0.1, 0.15) is 15.9 Å². The Kier molecular flexibility index (Phi) is 6.40. The lowest BCUT2D eigenvalue weighted by Gasteiger charge is -2.17. The molecule has 1 amide bonds. The van der Waals surface area contributed by atoms with Crippen molar-refractivity contribution >= 4 is 17.7 Å². The Balaban J connectivity index is 2.95. The van der Waals surface area contributed by atoms with Gasteiger partial charge in [0, 0.05) is 24.9 Å². The van der Waals surface area contributed by atoms with Crippen molar-refractivity contribution in [3.63, 3.8) is 0 Å². The van der Waals surface area contributed by atoms with Crippen LogP contribution in [-0.4, -0.2) is 43.0 Å². The summed E-state index contributed by atoms with van der Waals surface area (Å²) in [6.45, 7) is 0.812. The van der Waals surface area contributed by atoms with Gasteiger partial charge in [0.1, 0.15) is 5.82 Å². The Morgan fingerprint density at radius 2 is 2.26 bits per heavy atom. The highest BCUT2D eigenvalue weighted by molar-refractivity contribution is 7.98. The second kappa shape index (κ2) is 7.82. The first-order valence-corrected chi connectivity index (χ1v) is 7.22. The maximum Gasteiger partial charge on any atom is 0.256 e. The molecule has 1 rings (SSSR count). The van der Waals surface area contributed by atoms with E-state index in [4.69, 9.17) is 5.73 Å². The quantitative estimate of drug-likeness (QED) is 0.852. The molecule has 1 aromatic carbocycles. The van der Waals surface area contributed by atoms with Crippen molar-refractivity contribution in [3.8, 4) is 11.8 Å². The molecule has 19 heavy (non-hydrogen) atoms. The fourth-order valence-electron chi connectivity index (χ4n) is 1.46. The minimum absolute atomic E-state index is 0.0485. The number of hydrogen-bond donors (Lipinski definition) is 1. The Morgan fingerprint density at radius 1 is 1.53 bits per heavy atom. The molecule has 0 aliphatic rings. The number of rotatable bonds is 4. The van der Waals surface area contributed by atoms with E-state index >= 15 is 0 Å². The van der Waals surface area contributed by atoms with Gasteiger partial charge in [0.2, 0.25) is 0 Å². The zero-order valence-electron chi connectivity index (χ0n) is 11.1. The predicted octanol–water partition coefficient (Wildman–Crippen LogP) is 1.57. The van der Waals surface area contributed by atoms with Crippen molar-refractivity contribution in [1.82, 2.24) is 4.90 Å². The summed E-state index contributed by atoms with van der Waals surface area (Å²) < 4.78 is 13.7. The van der Waals surface area contributed by atoms with E-state index in [1.54, 1.807) is 18.8 Å².